The molecule has 3 rings (SSSR count). The summed E-state index contributed by atoms with van der Waals surface area (Å²) in [5.74, 6) is 1.15. The maximum atomic E-state index is 2.24. The molecule has 2 nitrogen and oxygen atoms in total. The lowest BCUT2D eigenvalue weighted by Gasteiger charge is -2.13. The molecular weight excluding hydrogens is 324 g/mol. The van der Waals surface area contributed by atoms with Crippen LogP contribution in [0, 0.1) is 0 Å². The fourth-order valence-corrected chi connectivity index (χ4v) is 3.15. The van der Waals surface area contributed by atoms with Crippen LogP contribution < -0.4 is 9.47 Å². The summed E-state index contributed by atoms with van der Waals surface area (Å²) in [7, 11) is 4.14. The highest BCUT2D eigenvalue weighted by Crippen LogP contribution is 2.22. The summed E-state index contributed by atoms with van der Waals surface area (Å²) < 4.78 is 2.23. The van der Waals surface area contributed by atoms with Crippen molar-refractivity contribution in [2.24, 2.45) is 0 Å². The minimum Gasteiger partial charge on any atom is -0.378 e. The van der Waals surface area contributed by atoms with Gasteiger partial charge in [-0.2, -0.15) is 11.8 Å². The van der Waals surface area contributed by atoms with Gasteiger partial charge in [-0.15, -0.1) is 0 Å². The Balaban J connectivity index is 1.75. The number of benzene rings is 2. The maximum Gasteiger partial charge on any atom is 0.169 e. The van der Waals surface area contributed by atoms with Crippen LogP contribution in [-0.2, 0) is 6.54 Å². The molecule has 25 heavy (non-hydrogen) atoms. The predicted octanol–water partition coefficient (Wildman–Crippen LogP) is 4.73. The van der Waals surface area contributed by atoms with Crippen molar-refractivity contribution in [2.45, 2.75) is 6.54 Å². The molecule has 0 atom stereocenters. The Labute approximate surface area is 154 Å². The zero-order valence-electron chi connectivity index (χ0n) is 15.1. The molecule has 3 aromatic rings. The Morgan fingerprint density at radius 3 is 2.28 bits per heavy atom. The number of nitrogens with zero attached hydrogens (tertiary/aromatic N) is 2. The second-order valence-corrected chi connectivity index (χ2v) is 7.37. The van der Waals surface area contributed by atoms with Crippen LogP contribution in [0.25, 0.3) is 22.9 Å². The number of hydrogen-bond acceptors (Lipinski definition) is 2. The van der Waals surface area contributed by atoms with Crippen LogP contribution in [-0.4, -0.2) is 26.1 Å². The number of aromatic nitrogens is 1. The van der Waals surface area contributed by atoms with Gasteiger partial charge in [-0.25, -0.2) is 4.57 Å². The largest absolute Gasteiger partial charge is 0.378 e. The van der Waals surface area contributed by atoms with E-state index in [0.717, 1.165) is 12.3 Å². The second kappa shape index (κ2) is 8.21. The molecule has 0 N–H and O–H groups in total. The highest BCUT2D eigenvalue weighted by molar-refractivity contribution is 7.98. The van der Waals surface area contributed by atoms with Crippen LogP contribution in [0.5, 0.6) is 0 Å². The van der Waals surface area contributed by atoms with Gasteiger partial charge in [0.25, 0.3) is 0 Å². The topological polar surface area (TPSA) is 7.12 Å². The summed E-state index contributed by atoms with van der Waals surface area (Å²) >= 11 is 1.87. The normalized spacial score (nSPS) is 11.3. The zero-order chi connectivity index (χ0) is 17.6. The van der Waals surface area contributed by atoms with Gasteiger partial charge in [0.1, 0.15) is 0 Å². The van der Waals surface area contributed by atoms with E-state index < -0.39 is 0 Å². The third kappa shape index (κ3) is 4.64. The van der Waals surface area contributed by atoms with Gasteiger partial charge in [0, 0.05) is 31.9 Å². The van der Waals surface area contributed by atoms with Crippen LogP contribution in [0.2, 0.25) is 0 Å². The molecule has 0 aliphatic rings. The lowest BCUT2D eigenvalue weighted by molar-refractivity contribution is -0.692. The molecule has 0 saturated heterocycles. The van der Waals surface area contributed by atoms with Gasteiger partial charge >= 0.3 is 0 Å². The fourth-order valence-electron chi connectivity index (χ4n) is 2.75. The van der Waals surface area contributed by atoms with E-state index >= 15 is 0 Å². The third-order valence-corrected chi connectivity index (χ3v) is 4.89. The van der Waals surface area contributed by atoms with E-state index in [-0.39, 0.29) is 0 Å². The van der Waals surface area contributed by atoms with Crippen LogP contribution in [0.3, 0.4) is 0 Å². The molecule has 0 radical (unpaired) electrons. The van der Waals surface area contributed by atoms with Gasteiger partial charge in [-0.05, 0) is 46.4 Å². The summed E-state index contributed by atoms with van der Waals surface area (Å²) in [5, 5.41) is 2.55. The number of fused-ring (bicyclic) bond motifs is 1. The summed E-state index contributed by atoms with van der Waals surface area (Å²) in [5.41, 5.74) is 3.68. The van der Waals surface area contributed by atoms with E-state index in [2.05, 4.69) is 103 Å². The van der Waals surface area contributed by atoms with E-state index in [1.165, 1.54) is 27.6 Å². The Kier molecular flexibility index (Phi) is 5.77. The molecule has 2 aromatic carbocycles. The van der Waals surface area contributed by atoms with Crippen molar-refractivity contribution < 1.29 is 4.57 Å². The first-order valence-corrected chi connectivity index (χ1v) is 9.92. The van der Waals surface area contributed by atoms with Crippen molar-refractivity contribution >= 4 is 40.4 Å². The van der Waals surface area contributed by atoms with Crippen LogP contribution in [0.4, 0.5) is 5.69 Å². The number of pyridine rings is 1. The number of anilines is 1. The summed E-state index contributed by atoms with van der Waals surface area (Å²) in [6.45, 7) is 1.06. The molecule has 0 spiro atoms. The monoisotopic (exact) mass is 349 g/mol. The van der Waals surface area contributed by atoms with Gasteiger partial charge in [0.15, 0.2) is 18.9 Å². The van der Waals surface area contributed by atoms with Crippen molar-refractivity contribution in [3.05, 3.63) is 72.1 Å². The highest BCUT2D eigenvalue weighted by atomic mass is 32.2. The van der Waals surface area contributed by atoms with E-state index in [0.29, 0.717) is 0 Å². The van der Waals surface area contributed by atoms with Crippen molar-refractivity contribution in [3.63, 3.8) is 0 Å². The molecule has 0 saturated carbocycles. The van der Waals surface area contributed by atoms with Crippen molar-refractivity contribution in [3.8, 4) is 0 Å². The molecule has 0 amide bonds. The molecule has 1 heterocycles. The lowest BCUT2D eigenvalue weighted by Crippen LogP contribution is -2.33. The average molecular weight is 350 g/mol. The Hall–Kier alpha value is -2.26. The molecule has 0 fully saturated rings. The molecule has 0 aliphatic carbocycles. The molecule has 0 bridgehead atoms. The number of rotatable bonds is 6. The van der Waals surface area contributed by atoms with Crippen molar-refractivity contribution in [1.29, 1.82) is 0 Å². The summed E-state index contributed by atoms with van der Waals surface area (Å²) in [6, 6.07) is 17.5. The first-order valence-electron chi connectivity index (χ1n) is 8.53. The van der Waals surface area contributed by atoms with Gasteiger partial charge in [-0.3, -0.25) is 0 Å². The first kappa shape index (κ1) is 17.6. The molecule has 128 valence electrons. The Morgan fingerprint density at radius 2 is 1.56 bits per heavy atom. The number of aryl methyl sites for hydroxylation is 1. The molecular formula is C22H25N2S+. The van der Waals surface area contributed by atoms with E-state index in [1.54, 1.807) is 0 Å². The first-order chi connectivity index (χ1) is 12.2. The standard InChI is InChI=1S/C22H25N2S/c1-23(2)22-9-8-20-16-19(6-7-21(20)17-22)5-4-18-10-12-24(13-11-18)14-15-25-3/h4-13,16-17H,14-15H2,1-3H3/q+1. The van der Waals surface area contributed by atoms with E-state index in [9.17, 15) is 0 Å². The van der Waals surface area contributed by atoms with Crippen LogP contribution in [0.1, 0.15) is 11.1 Å². The van der Waals surface area contributed by atoms with Gasteiger partial charge in [0.2, 0.25) is 0 Å². The number of thioether (sulfide) groups is 1. The second-order valence-electron chi connectivity index (χ2n) is 6.38. The molecule has 3 heteroatoms. The lowest BCUT2D eigenvalue weighted by atomic mass is 10.1. The third-order valence-electron chi connectivity index (χ3n) is 4.30. The maximum absolute atomic E-state index is 2.24. The molecule has 0 aliphatic heterocycles. The highest BCUT2D eigenvalue weighted by Gasteiger charge is 2.00. The van der Waals surface area contributed by atoms with Crippen LogP contribution in [0.15, 0.2) is 60.9 Å². The van der Waals surface area contributed by atoms with Crippen molar-refractivity contribution in [2.75, 3.05) is 31.0 Å². The van der Waals surface area contributed by atoms with Gasteiger partial charge in [-0.1, -0.05) is 30.4 Å². The summed E-state index contributed by atoms with van der Waals surface area (Å²) in [4.78, 5) is 2.13. The van der Waals surface area contributed by atoms with Crippen LogP contribution >= 0.6 is 11.8 Å². The summed E-state index contributed by atoms with van der Waals surface area (Å²) in [6.07, 6.45) is 10.8. The SMILES string of the molecule is CSCC[n+]1ccc(/C=C/c2ccc3cc(N(C)C)ccc3c2)cc1. The fraction of sp³-hybridized carbons (Fsp3) is 0.227. The van der Waals surface area contributed by atoms with Crippen molar-refractivity contribution in [1.82, 2.24) is 0 Å². The Morgan fingerprint density at radius 1 is 0.880 bits per heavy atom. The minimum atomic E-state index is 1.06. The van der Waals surface area contributed by atoms with Gasteiger partial charge < -0.3 is 4.90 Å². The quantitative estimate of drug-likeness (QED) is 0.594. The minimum absolute atomic E-state index is 1.06. The smallest absolute Gasteiger partial charge is 0.169 e. The molecule has 1 aromatic heterocycles. The predicted molar refractivity (Wildman–Crippen MR) is 112 cm³/mol. The average Bonchev–Trinajstić information content (AvgIpc) is 2.65. The zero-order valence-corrected chi connectivity index (χ0v) is 16.0. The molecule has 0 unspecified atom stereocenters. The van der Waals surface area contributed by atoms with Gasteiger partial charge in [0.05, 0.1) is 5.75 Å². The van der Waals surface area contributed by atoms with E-state index in [4.69, 9.17) is 0 Å². The number of hydrogen-bond donors (Lipinski definition) is 0. The Bertz CT molecular complexity index is 867. The van der Waals surface area contributed by atoms with E-state index in [1.807, 2.05) is 11.8 Å².